The third-order valence-corrected chi connectivity index (χ3v) is 6.74. The van der Waals surface area contributed by atoms with E-state index in [0.717, 1.165) is 0 Å². The highest BCUT2D eigenvalue weighted by Crippen LogP contribution is 2.23. The zero-order valence-corrected chi connectivity index (χ0v) is 15.9. The molecule has 1 aliphatic heterocycles. The molecule has 0 bridgehead atoms. The first-order valence-corrected chi connectivity index (χ1v) is 10.0. The van der Waals surface area contributed by atoms with Crippen LogP contribution < -0.4 is 4.74 Å². The Hall–Kier alpha value is -1.67. The molecule has 0 amide bonds. The fourth-order valence-corrected chi connectivity index (χ4v) is 4.58. The zero-order valence-electron chi connectivity index (χ0n) is 14.4. The number of piperazine rings is 1. The molecule has 1 heterocycles. The second kappa shape index (κ2) is 7.92. The fourth-order valence-electron chi connectivity index (χ4n) is 2.93. The normalized spacial score (nSPS) is 16.6. The molecule has 1 saturated heterocycles. The van der Waals surface area contributed by atoms with Crippen LogP contribution in [0.5, 0.6) is 5.75 Å². The van der Waals surface area contributed by atoms with Crippen LogP contribution in [0.25, 0.3) is 0 Å². The van der Waals surface area contributed by atoms with Crippen LogP contribution in [0.3, 0.4) is 0 Å². The summed E-state index contributed by atoms with van der Waals surface area (Å²) < 4.78 is 45.9. The maximum atomic E-state index is 13.9. The summed E-state index contributed by atoms with van der Waals surface area (Å²) in [7, 11) is -2.02. The number of halogens is 2. The molecular formula is C18H20ClFN2O3S. The van der Waals surface area contributed by atoms with Crippen LogP contribution >= 0.6 is 11.6 Å². The first kappa shape index (κ1) is 19.1. The Kier molecular flexibility index (Phi) is 5.82. The first-order chi connectivity index (χ1) is 12.4. The topological polar surface area (TPSA) is 49.9 Å². The quantitative estimate of drug-likeness (QED) is 0.777. The average molecular weight is 399 g/mol. The summed E-state index contributed by atoms with van der Waals surface area (Å²) in [5.74, 6) is 0.265. The number of nitrogens with zero attached hydrogens (tertiary/aromatic N) is 2. The fraction of sp³-hybridized carbons (Fsp3) is 0.333. The first-order valence-electron chi connectivity index (χ1n) is 8.21. The molecule has 1 aliphatic rings. The molecule has 1 fully saturated rings. The smallest absolute Gasteiger partial charge is 0.243 e. The number of sulfonamides is 1. The molecule has 2 aromatic rings. The van der Waals surface area contributed by atoms with Crippen LogP contribution in [-0.4, -0.2) is 50.9 Å². The minimum Gasteiger partial charge on any atom is -0.497 e. The summed E-state index contributed by atoms with van der Waals surface area (Å²) in [5, 5.41) is 0.387. The Balaban J connectivity index is 1.65. The molecule has 0 aromatic heterocycles. The minimum absolute atomic E-state index is 0.240. The standard InChI is InChI=1S/C18H20ClFN2O3S/c1-25-14-5-7-15(8-6-14)26(23,24)22-11-9-21(10-12-22)13-16-17(19)3-2-4-18(16)20/h2-8H,9-13H2,1H3. The van der Waals surface area contributed by atoms with Gasteiger partial charge in [0.1, 0.15) is 11.6 Å². The van der Waals surface area contributed by atoms with Crippen molar-refractivity contribution in [2.45, 2.75) is 11.4 Å². The van der Waals surface area contributed by atoms with Gasteiger partial charge in [0.25, 0.3) is 0 Å². The molecule has 8 heteroatoms. The molecule has 0 radical (unpaired) electrons. The summed E-state index contributed by atoms with van der Waals surface area (Å²) in [6.07, 6.45) is 0. The van der Waals surface area contributed by atoms with E-state index in [1.54, 1.807) is 36.4 Å². The summed E-state index contributed by atoms with van der Waals surface area (Å²) in [4.78, 5) is 2.24. The molecule has 3 rings (SSSR count). The van der Waals surface area contributed by atoms with Crippen molar-refractivity contribution in [1.29, 1.82) is 0 Å². The maximum absolute atomic E-state index is 13.9. The van der Waals surface area contributed by atoms with Gasteiger partial charge in [-0.15, -0.1) is 0 Å². The van der Waals surface area contributed by atoms with Crippen molar-refractivity contribution in [3.8, 4) is 5.75 Å². The predicted molar refractivity (Wildman–Crippen MR) is 98.4 cm³/mol. The number of benzene rings is 2. The van der Waals surface area contributed by atoms with Crippen LogP contribution in [0.2, 0.25) is 5.02 Å². The van der Waals surface area contributed by atoms with Crippen molar-refractivity contribution in [3.63, 3.8) is 0 Å². The molecule has 5 nitrogen and oxygen atoms in total. The van der Waals surface area contributed by atoms with Crippen LogP contribution in [0.4, 0.5) is 4.39 Å². The van der Waals surface area contributed by atoms with Gasteiger partial charge in [0.05, 0.1) is 12.0 Å². The van der Waals surface area contributed by atoms with Crippen LogP contribution in [-0.2, 0) is 16.6 Å². The molecule has 140 valence electrons. The van der Waals surface area contributed by atoms with Gasteiger partial charge in [-0.3, -0.25) is 4.90 Å². The van der Waals surface area contributed by atoms with Gasteiger partial charge in [-0.2, -0.15) is 4.31 Å². The number of ether oxygens (including phenoxy) is 1. The van der Waals surface area contributed by atoms with Crippen molar-refractivity contribution < 1.29 is 17.5 Å². The van der Waals surface area contributed by atoms with E-state index in [9.17, 15) is 12.8 Å². The maximum Gasteiger partial charge on any atom is 0.243 e. The number of hydrogen-bond donors (Lipinski definition) is 0. The molecule has 0 saturated carbocycles. The molecule has 0 aliphatic carbocycles. The highest BCUT2D eigenvalue weighted by atomic mass is 35.5. The minimum atomic E-state index is -3.55. The van der Waals surface area contributed by atoms with Gasteiger partial charge in [-0.1, -0.05) is 17.7 Å². The lowest BCUT2D eigenvalue weighted by Crippen LogP contribution is -2.48. The Morgan fingerprint density at radius 2 is 1.73 bits per heavy atom. The van der Waals surface area contributed by atoms with Gasteiger partial charge in [-0.05, 0) is 36.4 Å². The van der Waals surface area contributed by atoms with Crippen molar-refractivity contribution in [2.24, 2.45) is 0 Å². The molecule has 2 aromatic carbocycles. The van der Waals surface area contributed by atoms with E-state index in [1.165, 1.54) is 17.5 Å². The van der Waals surface area contributed by atoms with E-state index in [2.05, 4.69) is 0 Å². The van der Waals surface area contributed by atoms with Crippen molar-refractivity contribution in [3.05, 3.63) is 58.9 Å². The molecule has 26 heavy (non-hydrogen) atoms. The number of rotatable bonds is 5. The van der Waals surface area contributed by atoms with E-state index >= 15 is 0 Å². The van der Waals surface area contributed by atoms with Gasteiger partial charge in [0.15, 0.2) is 0 Å². The van der Waals surface area contributed by atoms with E-state index in [4.69, 9.17) is 16.3 Å². The molecule has 0 spiro atoms. The van der Waals surface area contributed by atoms with E-state index < -0.39 is 10.0 Å². The Labute approximate surface area is 158 Å². The van der Waals surface area contributed by atoms with Gasteiger partial charge >= 0.3 is 0 Å². The van der Waals surface area contributed by atoms with E-state index in [-0.39, 0.29) is 10.7 Å². The summed E-state index contributed by atoms with van der Waals surface area (Å²) in [5.41, 5.74) is 0.445. The zero-order chi connectivity index (χ0) is 18.7. The summed E-state index contributed by atoms with van der Waals surface area (Å²) >= 11 is 6.07. The monoisotopic (exact) mass is 398 g/mol. The highest BCUT2D eigenvalue weighted by Gasteiger charge is 2.29. The van der Waals surface area contributed by atoms with Crippen LogP contribution in [0, 0.1) is 5.82 Å². The Morgan fingerprint density at radius 3 is 2.31 bits per heavy atom. The average Bonchev–Trinajstić information content (AvgIpc) is 2.65. The Bertz CT molecular complexity index is 846. The lowest BCUT2D eigenvalue weighted by molar-refractivity contribution is 0.180. The SMILES string of the molecule is COc1ccc(S(=O)(=O)N2CCN(Cc3c(F)cccc3Cl)CC2)cc1. The molecule has 0 atom stereocenters. The van der Waals surface area contributed by atoms with Crippen molar-refractivity contribution in [1.82, 2.24) is 9.21 Å². The van der Waals surface area contributed by atoms with Crippen LogP contribution in [0.1, 0.15) is 5.56 Å². The third kappa shape index (κ3) is 4.01. The molecular weight excluding hydrogens is 379 g/mol. The summed E-state index contributed by atoms with van der Waals surface area (Å²) in [6, 6.07) is 10.9. The van der Waals surface area contributed by atoms with Gasteiger partial charge < -0.3 is 4.74 Å². The van der Waals surface area contributed by atoms with Gasteiger partial charge in [-0.25, -0.2) is 12.8 Å². The lowest BCUT2D eigenvalue weighted by Gasteiger charge is -2.34. The van der Waals surface area contributed by atoms with E-state index in [0.29, 0.717) is 49.1 Å². The number of hydrogen-bond acceptors (Lipinski definition) is 4. The second-order valence-electron chi connectivity index (χ2n) is 6.06. The van der Waals surface area contributed by atoms with Crippen LogP contribution in [0.15, 0.2) is 47.4 Å². The molecule has 0 unspecified atom stereocenters. The third-order valence-electron chi connectivity index (χ3n) is 4.47. The Morgan fingerprint density at radius 1 is 1.08 bits per heavy atom. The van der Waals surface area contributed by atoms with E-state index in [1.807, 2.05) is 4.90 Å². The second-order valence-corrected chi connectivity index (χ2v) is 8.40. The highest BCUT2D eigenvalue weighted by molar-refractivity contribution is 7.89. The molecule has 0 N–H and O–H groups in total. The van der Waals surface area contributed by atoms with Crippen molar-refractivity contribution >= 4 is 21.6 Å². The lowest BCUT2D eigenvalue weighted by atomic mass is 10.2. The predicted octanol–water partition coefficient (Wildman–Crippen LogP) is 2.99. The largest absolute Gasteiger partial charge is 0.497 e. The van der Waals surface area contributed by atoms with Crippen molar-refractivity contribution in [2.75, 3.05) is 33.3 Å². The number of methoxy groups -OCH3 is 1. The summed E-state index contributed by atoms with van der Waals surface area (Å²) in [6.45, 7) is 2.09. The van der Waals surface area contributed by atoms with Gasteiger partial charge in [0, 0.05) is 43.3 Å². The van der Waals surface area contributed by atoms with Gasteiger partial charge in [0.2, 0.25) is 10.0 Å².